The highest BCUT2D eigenvalue weighted by Gasteiger charge is 2.53. The first kappa shape index (κ1) is 11.2. The van der Waals surface area contributed by atoms with Crippen LogP contribution in [-0.2, 0) is 14.3 Å². The standard InChI is InChI=1S/C11H18O3/c1-4-7-11(10(13)14-3)8(2)5-6-9(11)12/h8H,4-7H2,1-3H3/t8-,11+/m0/s1. The molecule has 2 atom stereocenters. The second-order valence-corrected chi connectivity index (χ2v) is 4.08. The van der Waals surface area contributed by atoms with Crippen molar-refractivity contribution in [1.82, 2.24) is 0 Å². The van der Waals surface area contributed by atoms with Gasteiger partial charge in [0.15, 0.2) is 0 Å². The topological polar surface area (TPSA) is 43.4 Å². The van der Waals surface area contributed by atoms with Crippen LogP contribution in [0.4, 0.5) is 0 Å². The van der Waals surface area contributed by atoms with Crippen LogP contribution in [-0.4, -0.2) is 18.9 Å². The molecule has 0 aliphatic heterocycles. The summed E-state index contributed by atoms with van der Waals surface area (Å²) < 4.78 is 4.77. The van der Waals surface area contributed by atoms with Crippen LogP contribution in [0.3, 0.4) is 0 Å². The molecule has 80 valence electrons. The number of hydrogen-bond acceptors (Lipinski definition) is 3. The van der Waals surface area contributed by atoms with Gasteiger partial charge < -0.3 is 4.74 Å². The maximum atomic E-state index is 11.8. The predicted octanol–water partition coefficient (Wildman–Crippen LogP) is 1.94. The molecule has 0 heterocycles. The second kappa shape index (κ2) is 4.11. The van der Waals surface area contributed by atoms with Gasteiger partial charge in [-0.1, -0.05) is 20.3 Å². The van der Waals surface area contributed by atoms with Gasteiger partial charge in [-0.05, 0) is 18.8 Å². The minimum absolute atomic E-state index is 0.0682. The van der Waals surface area contributed by atoms with Crippen molar-refractivity contribution < 1.29 is 14.3 Å². The first-order chi connectivity index (χ1) is 6.59. The van der Waals surface area contributed by atoms with Crippen LogP contribution in [0, 0.1) is 11.3 Å². The second-order valence-electron chi connectivity index (χ2n) is 4.08. The van der Waals surface area contributed by atoms with Crippen LogP contribution < -0.4 is 0 Å². The van der Waals surface area contributed by atoms with Crippen LogP contribution in [0.1, 0.15) is 39.5 Å². The third-order valence-electron chi connectivity index (χ3n) is 3.34. The van der Waals surface area contributed by atoms with E-state index in [4.69, 9.17) is 4.74 Å². The Morgan fingerprint density at radius 3 is 2.64 bits per heavy atom. The third-order valence-corrected chi connectivity index (χ3v) is 3.34. The Labute approximate surface area is 84.8 Å². The van der Waals surface area contributed by atoms with E-state index in [9.17, 15) is 9.59 Å². The van der Waals surface area contributed by atoms with Crippen LogP contribution in [0.15, 0.2) is 0 Å². The average Bonchev–Trinajstić information content (AvgIpc) is 2.46. The van der Waals surface area contributed by atoms with Crippen LogP contribution in [0.5, 0.6) is 0 Å². The molecule has 1 saturated carbocycles. The number of methoxy groups -OCH3 is 1. The normalized spacial score (nSPS) is 31.9. The van der Waals surface area contributed by atoms with Crippen molar-refractivity contribution in [3.63, 3.8) is 0 Å². The number of ether oxygens (including phenoxy) is 1. The van der Waals surface area contributed by atoms with Crippen molar-refractivity contribution >= 4 is 11.8 Å². The first-order valence-corrected chi connectivity index (χ1v) is 5.21. The summed E-state index contributed by atoms with van der Waals surface area (Å²) in [4.78, 5) is 23.5. The zero-order chi connectivity index (χ0) is 10.8. The quantitative estimate of drug-likeness (QED) is 0.514. The minimum atomic E-state index is -0.830. The largest absolute Gasteiger partial charge is 0.468 e. The number of rotatable bonds is 3. The van der Waals surface area contributed by atoms with Crippen LogP contribution in [0.25, 0.3) is 0 Å². The number of ketones is 1. The molecule has 0 N–H and O–H groups in total. The molecular weight excluding hydrogens is 180 g/mol. The lowest BCUT2D eigenvalue weighted by molar-refractivity contribution is -0.159. The van der Waals surface area contributed by atoms with E-state index in [-0.39, 0.29) is 17.7 Å². The Bertz CT molecular complexity index is 247. The van der Waals surface area contributed by atoms with Gasteiger partial charge in [-0.3, -0.25) is 9.59 Å². The molecule has 0 aromatic rings. The van der Waals surface area contributed by atoms with E-state index in [2.05, 4.69) is 0 Å². The molecule has 0 saturated heterocycles. The SMILES string of the molecule is CCC[C@]1(C(=O)OC)C(=O)CC[C@@H]1C. The van der Waals surface area contributed by atoms with Gasteiger partial charge in [-0.15, -0.1) is 0 Å². The zero-order valence-corrected chi connectivity index (χ0v) is 9.13. The molecule has 3 heteroatoms. The average molecular weight is 198 g/mol. The summed E-state index contributed by atoms with van der Waals surface area (Å²) in [7, 11) is 1.36. The predicted molar refractivity (Wildman–Crippen MR) is 52.8 cm³/mol. The Balaban J connectivity index is 3.01. The molecule has 3 nitrogen and oxygen atoms in total. The fourth-order valence-corrected chi connectivity index (χ4v) is 2.47. The van der Waals surface area contributed by atoms with Gasteiger partial charge in [-0.2, -0.15) is 0 Å². The smallest absolute Gasteiger partial charge is 0.319 e. The molecule has 0 bridgehead atoms. The molecule has 14 heavy (non-hydrogen) atoms. The van der Waals surface area contributed by atoms with Gasteiger partial charge in [0, 0.05) is 6.42 Å². The molecule has 1 aliphatic carbocycles. The fourth-order valence-electron chi connectivity index (χ4n) is 2.47. The summed E-state index contributed by atoms with van der Waals surface area (Å²) >= 11 is 0. The molecule has 0 unspecified atom stereocenters. The number of esters is 1. The molecule has 0 aromatic heterocycles. The Morgan fingerprint density at radius 1 is 1.64 bits per heavy atom. The number of Topliss-reactive ketones (excluding diaryl/α,β-unsaturated/α-hetero) is 1. The Morgan fingerprint density at radius 2 is 2.29 bits per heavy atom. The maximum absolute atomic E-state index is 11.8. The summed E-state index contributed by atoms with van der Waals surface area (Å²) in [6.45, 7) is 3.96. The van der Waals surface area contributed by atoms with Crippen molar-refractivity contribution in [2.75, 3.05) is 7.11 Å². The molecule has 0 aromatic carbocycles. The van der Waals surface area contributed by atoms with E-state index in [1.165, 1.54) is 7.11 Å². The molecular formula is C11H18O3. The van der Waals surface area contributed by atoms with Crippen molar-refractivity contribution in [2.45, 2.75) is 39.5 Å². The van der Waals surface area contributed by atoms with Crippen molar-refractivity contribution in [3.8, 4) is 0 Å². The monoisotopic (exact) mass is 198 g/mol. The molecule has 1 fully saturated rings. The van der Waals surface area contributed by atoms with E-state index in [1.54, 1.807) is 0 Å². The lowest BCUT2D eigenvalue weighted by atomic mass is 9.74. The summed E-state index contributed by atoms with van der Waals surface area (Å²) in [5.74, 6) is -0.143. The minimum Gasteiger partial charge on any atom is -0.468 e. The molecule has 0 radical (unpaired) electrons. The van der Waals surface area contributed by atoms with Gasteiger partial charge in [-0.25, -0.2) is 0 Å². The molecule has 1 aliphatic rings. The van der Waals surface area contributed by atoms with E-state index < -0.39 is 5.41 Å². The van der Waals surface area contributed by atoms with E-state index >= 15 is 0 Å². The van der Waals surface area contributed by atoms with E-state index in [1.807, 2.05) is 13.8 Å². The zero-order valence-electron chi connectivity index (χ0n) is 9.13. The Kier molecular flexibility index (Phi) is 3.29. The first-order valence-electron chi connectivity index (χ1n) is 5.21. The number of hydrogen-bond donors (Lipinski definition) is 0. The van der Waals surface area contributed by atoms with Crippen molar-refractivity contribution in [3.05, 3.63) is 0 Å². The van der Waals surface area contributed by atoms with Gasteiger partial charge >= 0.3 is 5.97 Å². The highest BCUT2D eigenvalue weighted by Crippen LogP contribution is 2.44. The molecule has 0 amide bonds. The molecule has 0 spiro atoms. The summed E-state index contributed by atoms with van der Waals surface area (Å²) in [5.41, 5.74) is -0.830. The molecule has 1 rings (SSSR count). The Hall–Kier alpha value is -0.860. The number of carbonyl (C=O) groups excluding carboxylic acids is 2. The van der Waals surface area contributed by atoms with Crippen LogP contribution >= 0.6 is 0 Å². The third kappa shape index (κ3) is 1.45. The van der Waals surface area contributed by atoms with Gasteiger partial charge in [0.25, 0.3) is 0 Å². The highest BCUT2D eigenvalue weighted by molar-refractivity contribution is 6.05. The van der Waals surface area contributed by atoms with Gasteiger partial charge in [0.05, 0.1) is 7.11 Å². The summed E-state index contributed by atoms with van der Waals surface area (Å²) in [6, 6.07) is 0. The van der Waals surface area contributed by atoms with Crippen molar-refractivity contribution in [1.29, 1.82) is 0 Å². The maximum Gasteiger partial charge on any atom is 0.319 e. The summed E-state index contributed by atoms with van der Waals surface area (Å²) in [6.07, 6.45) is 2.80. The lowest BCUT2D eigenvalue weighted by Gasteiger charge is -2.28. The summed E-state index contributed by atoms with van der Waals surface area (Å²) in [5, 5.41) is 0. The van der Waals surface area contributed by atoms with Gasteiger partial charge in [0.1, 0.15) is 11.2 Å². The highest BCUT2D eigenvalue weighted by atomic mass is 16.5. The van der Waals surface area contributed by atoms with Crippen LogP contribution in [0.2, 0.25) is 0 Å². The van der Waals surface area contributed by atoms with Gasteiger partial charge in [0.2, 0.25) is 0 Å². The fraction of sp³-hybridized carbons (Fsp3) is 0.818. The van der Waals surface area contributed by atoms with E-state index in [0.29, 0.717) is 12.8 Å². The van der Waals surface area contributed by atoms with E-state index in [0.717, 1.165) is 12.8 Å². The van der Waals surface area contributed by atoms with Crippen molar-refractivity contribution in [2.24, 2.45) is 11.3 Å². The lowest BCUT2D eigenvalue weighted by Crippen LogP contribution is -2.40. The number of carbonyl (C=O) groups is 2.